The standard InChI is InChI=1S/C27H35N5O3/c1-35-24-10-6-5-9-23(24)31-17-15-30(16-18-31)21-32-20-27(28-26(32)34)12-14-29(19-25(27)33)13-11-22-7-3-2-4-8-22/h2-10H,11-21H2,1H3,(H,28,34). The molecule has 8 nitrogen and oxygen atoms in total. The first kappa shape index (κ1) is 23.6. The Morgan fingerprint density at radius 3 is 2.40 bits per heavy atom. The molecule has 2 aromatic carbocycles. The molecule has 3 aliphatic heterocycles. The van der Waals surface area contributed by atoms with E-state index >= 15 is 0 Å². The molecule has 1 atom stereocenters. The monoisotopic (exact) mass is 477 g/mol. The molecule has 0 aliphatic carbocycles. The van der Waals surface area contributed by atoms with Crippen LogP contribution in [-0.4, -0.2) is 98.2 Å². The third-order valence-corrected chi connectivity index (χ3v) is 7.58. The van der Waals surface area contributed by atoms with Crippen LogP contribution in [0.15, 0.2) is 54.6 Å². The number of ketones is 1. The molecular formula is C27H35N5O3. The summed E-state index contributed by atoms with van der Waals surface area (Å²) in [5.41, 5.74) is 1.66. The van der Waals surface area contributed by atoms with Crippen molar-refractivity contribution >= 4 is 17.5 Å². The van der Waals surface area contributed by atoms with Gasteiger partial charge in [0.05, 0.1) is 32.6 Å². The summed E-state index contributed by atoms with van der Waals surface area (Å²) < 4.78 is 5.51. The molecular weight excluding hydrogens is 442 g/mol. The molecule has 1 N–H and O–H groups in total. The number of hydrogen-bond acceptors (Lipinski definition) is 6. The fraction of sp³-hybridized carbons (Fsp3) is 0.481. The van der Waals surface area contributed by atoms with Crippen molar-refractivity contribution in [2.45, 2.75) is 18.4 Å². The van der Waals surface area contributed by atoms with E-state index < -0.39 is 5.54 Å². The summed E-state index contributed by atoms with van der Waals surface area (Å²) in [4.78, 5) is 34.6. The van der Waals surface area contributed by atoms with Crippen molar-refractivity contribution in [1.29, 1.82) is 0 Å². The lowest BCUT2D eigenvalue weighted by Crippen LogP contribution is -2.60. The molecule has 3 heterocycles. The molecule has 0 bridgehead atoms. The zero-order valence-corrected chi connectivity index (χ0v) is 20.5. The maximum absolute atomic E-state index is 13.2. The molecule has 35 heavy (non-hydrogen) atoms. The topological polar surface area (TPSA) is 68.4 Å². The van der Waals surface area contributed by atoms with E-state index in [1.54, 1.807) is 7.11 Å². The van der Waals surface area contributed by atoms with Gasteiger partial charge >= 0.3 is 6.03 Å². The van der Waals surface area contributed by atoms with Gasteiger partial charge in [0, 0.05) is 39.3 Å². The Bertz CT molecular complexity index is 1040. The number of anilines is 1. The summed E-state index contributed by atoms with van der Waals surface area (Å²) in [6, 6.07) is 18.3. The number of methoxy groups -OCH3 is 1. The highest BCUT2D eigenvalue weighted by Gasteiger charge is 2.50. The molecule has 0 saturated carbocycles. The Morgan fingerprint density at radius 2 is 1.66 bits per heavy atom. The van der Waals surface area contributed by atoms with Gasteiger partial charge in [-0.1, -0.05) is 42.5 Å². The fourth-order valence-corrected chi connectivity index (χ4v) is 5.44. The number of nitrogens with one attached hydrogen (secondary N) is 1. The summed E-state index contributed by atoms with van der Waals surface area (Å²) in [7, 11) is 1.70. The molecule has 1 unspecified atom stereocenters. The van der Waals surface area contributed by atoms with Gasteiger partial charge in [0.25, 0.3) is 0 Å². The predicted molar refractivity (Wildman–Crippen MR) is 136 cm³/mol. The molecule has 0 radical (unpaired) electrons. The van der Waals surface area contributed by atoms with Crippen LogP contribution in [0.2, 0.25) is 0 Å². The number of carbonyl (C=O) groups excluding carboxylic acids is 2. The number of Topliss-reactive ketones (excluding diaryl/α,β-unsaturated/α-hetero) is 1. The maximum atomic E-state index is 13.2. The summed E-state index contributed by atoms with van der Waals surface area (Å²) in [6.07, 6.45) is 1.60. The molecule has 3 saturated heterocycles. The Morgan fingerprint density at radius 1 is 0.914 bits per heavy atom. The van der Waals surface area contributed by atoms with Crippen LogP contribution >= 0.6 is 0 Å². The average Bonchev–Trinajstić information content (AvgIpc) is 3.21. The quantitative estimate of drug-likeness (QED) is 0.659. The van der Waals surface area contributed by atoms with Gasteiger partial charge in [-0.05, 0) is 30.5 Å². The third kappa shape index (κ3) is 5.13. The zero-order chi connectivity index (χ0) is 24.3. The highest BCUT2D eigenvalue weighted by atomic mass is 16.5. The van der Waals surface area contributed by atoms with Crippen LogP contribution in [0.4, 0.5) is 10.5 Å². The van der Waals surface area contributed by atoms with E-state index in [1.807, 2.05) is 41.3 Å². The molecule has 5 rings (SSSR count). The van der Waals surface area contributed by atoms with E-state index in [9.17, 15) is 9.59 Å². The first-order valence-corrected chi connectivity index (χ1v) is 12.5. The van der Waals surface area contributed by atoms with Crippen molar-refractivity contribution in [1.82, 2.24) is 20.0 Å². The number of likely N-dealkylation sites (tertiary alicyclic amines) is 1. The molecule has 0 aromatic heterocycles. The minimum Gasteiger partial charge on any atom is -0.495 e. The number of urea groups is 1. The second-order valence-corrected chi connectivity index (χ2v) is 9.81. The lowest BCUT2D eigenvalue weighted by Gasteiger charge is -2.39. The number of nitrogens with zero attached hydrogens (tertiary/aromatic N) is 4. The van der Waals surface area contributed by atoms with Gasteiger partial charge in [-0.25, -0.2) is 4.79 Å². The van der Waals surface area contributed by atoms with Crippen LogP contribution in [0.25, 0.3) is 0 Å². The van der Waals surface area contributed by atoms with Gasteiger partial charge < -0.3 is 19.9 Å². The number of para-hydroxylation sites is 2. The molecule has 8 heteroatoms. The first-order chi connectivity index (χ1) is 17.1. The lowest BCUT2D eigenvalue weighted by atomic mass is 9.87. The van der Waals surface area contributed by atoms with Crippen molar-refractivity contribution in [2.75, 3.05) is 71.0 Å². The number of piperazine rings is 1. The SMILES string of the molecule is COc1ccccc1N1CCN(CN2CC3(CCN(CCc4ccccc4)CC3=O)NC2=O)CC1. The van der Waals surface area contributed by atoms with E-state index in [4.69, 9.17) is 4.74 Å². The maximum Gasteiger partial charge on any atom is 0.319 e. The van der Waals surface area contributed by atoms with Crippen LogP contribution in [0, 0.1) is 0 Å². The zero-order valence-electron chi connectivity index (χ0n) is 20.5. The smallest absolute Gasteiger partial charge is 0.319 e. The lowest BCUT2D eigenvalue weighted by molar-refractivity contribution is -0.129. The molecule has 2 amide bonds. The molecule has 186 valence electrons. The highest BCUT2D eigenvalue weighted by molar-refractivity contribution is 5.97. The number of hydrogen-bond donors (Lipinski definition) is 1. The molecule has 2 aromatic rings. The van der Waals surface area contributed by atoms with Gasteiger partial charge in [-0.15, -0.1) is 0 Å². The second-order valence-electron chi connectivity index (χ2n) is 9.81. The Kier molecular flexibility index (Phi) is 6.92. The van der Waals surface area contributed by atoms with E-state index in [0.29, 0.717) is 26.2 Å². The van der Waals surface area contributed by atoms with Crippen molar-refractivity contribution in [3.05, 3.63) is 60.2 Å². The van der Waals surface area contributed by atoms with E-state index in [-0.39, 0.29) is 11.8 Å². The van der Waals surface area contributed by atoms with Crippen LogP contribution in [0.3, 0.4) is 0 Å². The normalized spacial score (nSPS) is 23.7. The highest BCUT2D eigenvalue weighted by Crippen LogP contribution is 2.29. The van der Waals surface area contributed by atoms with Crippen LogP contribution in [0.1, 0.15) is 12.0 Å². The predicted octanol–water partition coefficient (Wildman–Crippen LogP) is 2.06. The van der Waals surface area contributed by atoms with Crippen molar-refractivity contribution in [3.63, 3.8) is 0 Å². The number of benzene rings is 2. The summed E-state index contributed by atoms with van der Waals surface area (Å²) in [5.74, 6) is 1.02. The minimum absolute atomic E-state index is 0.122. The molecule has 3 fully saturated rings. The van der Waals surface area contributed by atoms with Crippen molar-refractivity contribution in [3.8, 4) is 5.75 Å². The third-order valence-electron chi connectivity index (χ3n) is 7.58. The Balaban J connectivity index is 1.12. The Hall–Kier alpha value is -3.10. The fourth-order valence-electron chi connectivity index (χ4n) is 5.44. The summed E-state index contributed by atoms with van der Waals surface area (Å²) in [6.45, 7) is 6.56. The number of amides is 2. The number of carbonyl (C=O) groups is 2. The van der Waals surface area contributed by atoms with E-state index in [2.05, 4.69) is 38.2 Å². The number of rotatable bonds is 7. The van der Waals surface area contributed by atoms with Crippen LogP contribution in [-0.2, 0) is 11.2 Å². The molecule has 1 spiro atoms. The van der Waals surface area contributed by atoms with Crippen LogP contribution < -0.4 is 15.0 Å². The van der Waals surface area contributed by atoms with Crippen molar-refractivity contribution < 1.29 is 14.3 Å². The van der Waals surface area contributed by atoms with Gasteiger partial charge in [0.15, 0.2) is 5.78 Å². The van der Waals surface area contributed by atoms with Crippen LogP contribution in [0.5, 0.6) is 5.75 Å². The second kappa shape index (κ2) is 10.3. The molecule has 3 aliphatic rings. The number of ether oxygens (including phenoxy) is 1. The number of piperidine rings is 1. The van der Waals surface area contributed by atoms with E-state index in [1.165, 1.54) is 5.56 Å². The van der Waals surface area contributed by atoms with Gasteiger partial charge in [-0.2, -0.15) is 0 Å². The first-order valence-electron chi connectivity index (χ1n) is 12.5. The largest absolute Gasteiger partial charge is 0.495 e. The van der Waals surface area contributed by atoms with Crippen molar-refractivity contribution in [2.24, 2.45) is 0 Å². The van der Waals surface area contributed by atoms with Gasteiger partial charge in [-0.3, -0.25) is 14.6 Å². The summed E-state index contributed by atoms with van der Waals surface area (Å²) >= 11 is 0. The minimum atomic E-state index is -0.737. The summed E-state index contributed by atoms with van der Waals surface area (Å²) in [5, 5.41) is 3.06. The van der Waals surface area contributed by atoms with Gasteiger partial charge in [0.1, 0.15) is 11.3 Å². The van der Waals surface area contributed by atoms with Gasteiger partial charge in [0.2, 0.25) is 0 Å². The Labute approximate surface area is 207 Å². The average molecular weight is 478 g/mol. The van der Waals surface area contributed by atoms with E-state index in [0.717, 1.165) is 57.1 Å².